The zero-order valence-corrected chi connectivity index (χ0v) is 15.6. The number of rotatable bonds is 6. The molecular formula is C22H28N4. The smallest absolute Gasteiger partial charge is 0.147 e. The monoisotopic (exact) mass is 348 g/mol. The quantitative estimate of drug-likeness (QED) is 0.724. The van der Waals surface area contributed by atoms with Crippen LogP contribution in [0.3, 0.4) is 0 Å². The third kappa shape index (κ3) is 4.52. The van der Waals surface area contributed by atoms with E-state index < -0.39 is 0 Å². The minimum Gasteiger partial charge on any atom is -0.359 e. The van der Waals surface area contributed by atoms with Gasteiger partial charge >= 0.3 is 0 Å². The van der Waals surface area contributed by atoms with Crippen LogP contribution in [0.4, 0.5) is 5.69 Å². The number of hydrogen-bond acceptors (Lipinski definition) is 4. The van der Waals surface area contributed by atoms with Crippen LogP contribution in [0.5, 0.6) is 0 Å². The van der Waals surface area contributed by atoms with Crippen molar-refractivity contribution in [1.29, 1.82) is 0 Å². The number of aliphatic imine (C=N–C) groups is 1. The van der Waals surface area contributed by atoms with Gasteiger partial charge in [0, 0.05) is 16.9 Å². The molecule has 1 aliphatic heterocycles. The fraction of sp³-hybridized carbons (Fsp3) is 0.318. The molecule has 0 amide bonds. The van der Waals surface area contributed by atoms with Crippen molar-refractivity contribution in [2.75, 3.05) is 11.9 Å². The molecule has 26 heavy (non-hydrogen) atoms. The van der Waals surface area contributed by atoms with E-state index in [1.165, 1.54) is 0 Å². The molecule has 1 heterocycles. The first-order valence-corrected chi connectivity index (χ1v) is 9.31. The minimum atomic E-state index is -0.0870. The number of amidine groups is 1. The molecule has 4 nitrogen and oxygen atoms in total. The molecule has 0 radical (unpaired) electrons. The van der Waals surface area contributed by atoms with Gasteiger partial charge in [0.05, 0.1) is 0 Å². The Balaban J connectivity index is 1.84. The predicted octanol–water partition coefficient (Wildman–Crippen LogP) is 4.43. The summed E-state index contributed by atoms with van der Waals surface area (Å²) in [6, 6.07) is 18.6. The number of nitrogens with one attached hydrogen (secondary N) is 2. The highest BCUT2D eigenvalue weighted by atomic mass is 15.2. The lowest BCUT2D eigenvalue weighted by Crippen LogP contribution is -2.30. The molecule has 0 spiro atoms. The normalized spacial score (nSPS) is 17.7. The van der Waals surface area contributed by atoms with Gasteiger partial charge in [-0.05, 0) is 49.9 Å². The maximum Gasteiger partial charge on any atom is 0.147 e. The molecule has 4 heteroatoms. The Bertz CT molecular complexity index is 780. The van der Waals surface area contributed by atoms with Crippen molar-refractivity contribution >= 4 is 11.5 Å². The van der Waals surface area contributed by atoms with Crippen LogP contribution < -0.4 is 16.4 Å². The van der Waals surface area contributed by atoms with Crippen molar-refractivity contribution in [3.8, 4) is 0 Å². The molecule has 2 atom stereocenters. The van der Waals surface area contributed by atoms with Crippen molar-refractivity contribution < 1.29 is 0 Å². The maximum atomic E-state index is 5.62. The SMILES string of the molecule is C/C(=C\C(C)CCCN)NC1=NC(c2ccccc2)Nc2ccccc21. The first-order valence-electron chi connectivity index (χ1n) is 9.31. The van der Waals surface area contributed by atoms with E-state index in [2.05, 4.69) is 60.9 Å². The second-order valence-electron chi connectivity index (χ2n) is 6.86. The second-order valence-corrected chi connectivity index (χ2v) is 6.86. The van der Waals surface area contributed by atoms with Crippen LogP contribution in [0.15, 0.2) is 71.4 Å². The van der Waals surface area contributed by atoms with Gasteiger partial charge in [-0.2, -0.15) is 0 Å². The highest BCUT2D eigenvalue weighted by Gasteiger charge is 2.21. The predicted molar refractivity (Wildman–Crippen MR) is 110 cm³/mol. The largest absolute Gasteiger partial charge is 0.359 e. The summed E-state index contributed by atoms with van der Waals surface area (Å²) in [4.78, 5) is 4.94. The summed E-state index contributed by atoms with van der Waals surface area (Å²) < 4.78 is 0. The molecule has 0 aliphatic carbocycles. The second kappa shape index (κ2) is 8.68. The number of para-hydroxylation sites is 1. The molecular weight excluding hydrogens is 320 g/mol. The fourth-order valence-corrected chi connectivity index (χ4v) is 3.26. The van der Waals surface area contributed by atoms with E-state index >= 15 is 0 Å². The Labute approximate surface area is 156 Å². The van der Waals surface area contributed by atoms with Gasteiger partial charge in [-0.15, -0.1) is 0 Å². The molecule has 3 rings (SSSR count). The number of nitrogens with two attached hydrogens (primary N) is 1. The molecule has 0 saturated carbocycles. The number of fused-ring (bicyclic) bond motifs is 1. The molecule has 2 unspecified atom stereocenters. The summed E-state index contributed by atoms with van der Waals surface area (Å²) in [5.74, 6) is 1.40. The highest BCUT2D eigenvalue weighted by molar-refractivity contribution is 6.05. The molecule has 0 saturated heterocycles. The van der Waals surface area contributed by atoms with Gasteiger partial charge in [-0.25, -0.2) is 4.99 Å². The lowest BCUT2D eigenvalue weighted by atomic mass is 10.0. The van der Waals surface area contributed by atoms with E-state index in [0.29, 0.717) is 5.92 Å². The molecule has 1 aliphatic rings. The Morgan fingerprint density at radius 2 is 1.92 bits per heavy atom. The Hall–Kier alpha value is -2.59. The lowest BCUT2D eigenvalue weighted by molar-refractivity contribution is 0.608. The average molecular weight is 348 g/mol. The third-order valence-electron chi connectivity index (χ3n) is 4.56. The fourth-order valence-electron chi connectivity index (χ4n) is 3.26. The van der Waals surface area contributed by atoms with Gasteiger partial charge in [-0.1, -0.05) is 55.5 Å². The highest BCUT2D eigenvalue weighted by Crippen LogP contribution is 2.29. The van der Waals surface area contributed by atoms with Gasteiger partial charge in [0.15, 0.2) is 0 Å². The van der Waals surface area contributed by atoms with Gasteiger partial charge in [0.2, 0.25) is 0 Å². The van der Waals surface area contributed by atoms with Crippen LogP contribution >= 0.6 is 0 Å². The van der Waals surface area contributed by atoms with Crippen molar-refractivity contribution in [3.05, 3.63) is 77.5 Å². The first-order chi connectivity index (χ1) is 12.7. The topological polar surface area (TPSA) is 62.4 Å². The van der Waals surface area contributed by atoms with Crippen molar-refractivity contribution in [2.45, 2.75) is 32.9 Å². The number of anilines is 1. The molecule has 0 fully saturated rings. The third-order valence-corrected chi connectivity index (χ3v) is 4.56. The lowest BCUT2D eigenvalue weighted by Gasteiger charge is -2.26. The molecule has 2 aromatic rings. The summed E-state index contributed by atoms with van der Waals surface area (Å²) in [6.45, 7) is 5.07. The Kier molecular flexibility index (Phi) is 6.08. The van der Waals surface area contributed by atoms with E-state index in [-0.39, 0.29) is 6.17 Å². The van der Waals surface area contributed by atoms with Crippen LogP contribution in [0.1, 0.15) is 44.0 Å². The van der Waals surface area contributed by atoms with E-state index in [0.717, 1.165) is 47.7 Å². The Morgan fingerprint density at radius 1 is 1.19 bits per heavy atom. The zero-order chi connectivity index (χ0) is 18.4. The van der Waals surface area contributed by atoms with Crippen LogP contribution in [-0.4, -0.2) is 12.4 Å². The molecule has 0 aromatic heterocycles. The summed E-state index contributed by atoms with van der Waals surface area (Å²) in [5, 5.41) is 7.05. The van der Waals surface area contributed by atoms with Crippen LogP contribution in [-0.2, 0) is 0 Å². The van der Waals surface area contributed by atoms with Crippen LogP contribution in [0.2, 0.25) is 0 Å². The molecule has 2 aromatic carbocycles. The number of hydrogen-bond donors (Lipinski definition) is 3. The van der Waals surface area contributed by atoms with E-state index in [1.807, 2.05) is 24.3 Å². The maximum absolute atomic E-state index is 5.62. The molecule has 4 N–H and O–H groups in total. The minimum absolute atomic E-state index is 0.0870. The average Bonchev–Trinajstić information content (AvgIpc) is 2.67. The van der Waals surface area contributed by atoms with E-state index in [9.17, 15) is 0 Å². The van der Waals surface area contributed by atoms with Crippen LogP contribution in [0, 0.1) is 5.92 Å². The molecule has 136 valence electrons. The van der Waals surface area contributed by atoms with Crippen molar-refractivity contribution in [1.82, 2.24) is 5.32 Å². The van der Waals surface area contributed by atoms with Gasteiger partial charge in [0.25, 0.3) is 0 Å². The van der Waals surface area contributed by atoms with Gasteiger partial charge < -0.3 is 16.4 Å². The van der Waals surface area contributed by atoms with Crippen molar-refractivity contribution in [2.24, 2.45) is 16.6 Å². The van der Waals surface area contributed by atoms with E-state index in [1.54, 1.807) is 0 Å². The standard InChI is InChI=1S/C22H28N4/c1-16(9-8-14-23)15-17(2)24-22-19-12-6-7-13-20(19)25-21(26-22)18-10-4-3-5-11-18/h3-7,10-13,15-16,21,25H,8-9,14,23H2,1-2H3,(H,24,26)/b17-15+. The Morgan fingerprint density at radius 3 is 2.69 bits per heavy atom. The van der Waals surface area contributed by atoms with Crippen molar-refractivity contribution in [3.63, 3.8) is 0 Å². The summed E-state index contributed by atoms with van der Waals surface area (Å²) >= 11 is 0. The number of nitrogens with zero attached hydrogens (tertiary/aromatic N) is 1. The van der Waals surface area contributed by atoms with Gasteiger partial charge in [-0.3, -0.25) is 0 Å². The summed E-state index contributed by atoms with van der Waals surface area (Å²) in [5.41, 5.74) is 10.1. The van der Waals surface area contributed by atoms with Crippen LogP contribution in [0.25, 0.3) is 0 Å². The summed E-state index contributed by atoms with van der Waals surface area (Å²) in [7, 11) is 0. The van der Waals surface area contributed by atoms with E-state index in [4.69, 9.17) is 10.7 Å². The molecule has 0 bridgehead atoms. The number of allylic oxidation sites excluding steroid dienone is 2. The first kappa shape index (κ1) is 18.2. The summed E-state index contributed by atoms with van der Waals surface area (Å²) in [6.07, 6.45) is 4.33. The number of benzene rings is 2. The zero-order valence-electron chi connectivity index (χ0n) is 15.6. The van der Waals surface area contributed by atoms with Gasteiger partial charge in [0.1, 0.15) is 12.0 Å².